The number of nitriles is 1. The minimum Gasteiger partial charge on any atom is -0.465 e. The van der Waals surface area contributed by atoms with E-state index in [1.54, 1.807) is 42.0 Å². The van der Waals surface area contributed by atoms with E-state index in [-0.39, 0.29) is 19.6 Å². The van der Waals surface area contributed by atoms with Gasteiger partial charge in [-0.15, -0.1) is 11.3 Å². The van der Waals surface area contributed by atoms with Crippen LogP contribution in [0.4, 0.5) is 10.5 Å². The third-order valence-corrected chi connectivity index (χ3v) is 8.07. The third kappa shape index (κ3) is 4.67. The van der Waals surface area contributed by atoms with E-state index in [1.165, 1.54) is 11.3 Å². The number of nitrogens with one attached hydrogen (secondary N) is 3. The lowest BCUT2D eigenvalue weighted by molar-refractivity contribution is -0.158. The number of amides is 2. The minimum absolute atomic E-state index is 0.125. The largest absolute Gasteiger partial charge is 0.465 e. The van der Waals surface area contributed by atoms with Gasteiger partial charge in [0, 0.05) is 43.0 Å². The molecule has 0 bridgehead atoms. The lowest BCUT2D eigenvalue weighted by atomic mass is 9.67. The molecule has 0 spiro atoms. The lowest BCUT2D eigenvalue weighted by Crippen LogP contribution is -2.71. The summed E-state index contributed by atoms with van der Waals surface area (Å²) in [4.78, 5) is 42.4. The lowest BCUT2D eigenvalue weighted by Gasteiger charge is -2.52. The summed E-state index contributed by atoms with van der Waals surface area (Å²) < 4.78 is 6.40. The monoisotopic (exact) mass is 558 g/mol. The summed E-state index contributed by atoms with van der Waals surface area (Å²) in [7, 11) is 0. The zero-order valence-electron chi connectivity index (χ0n) is 22.3. The first-order valence-corrected chi connectivity index (χ1v) is 14.0. The van der Waals surface area contributed by atoms with Crippen LogP contribution in [0.1, 0.15) is 20.3 Å². The second-order valence-electron chi connectivity index (χ2n) is 9.42. The molecule has 0 saturated carbocycles. The van der Waals surface area contributed by atoms with E-state index in [4.69, 9.17) is 9.73 Å². The maximum atomic E-state index is 13.5. The molecular formula is C28H30N8O3S. The molecular weight excluding hydrogens is 528 g/mol. The number of fused-ring (bicyclic) bond motifs is 1. The first-order chi connectivity index (χ1) is 19.5. The molecule has 1 aromatic carbocycles. The maximum absolute atomic E-state index is 13.5. The molecule has 2 amide bonds. The van der Waals surface area contributed by atoms with Gasteiger partial charge in [-0.05, 0) is 57.2 Å². The van der Waals surface area contributed by atoms with Crippen molar-refractivity contribution in [3.05, 3.63) is 54.3 Å². The van der Waals surface area contributed by atoms with E-state index in [9.17, 15) is 14.9 Å². The first-order valence-electron chi connectivity index (χ1n) is 13.1. The topological polar surface area (TPSA) is 145 Å². The standard InChI is InChI=1S/C28H30N8O3S/c1-3-31-26(38)35-28(23-16-30-12-9-27(23,17-29)25(37)39-4-2)34-11-7-13-36(28)19-14-20(21-8-5-6-10-32-21)24-22(15-19)33-18-40-24/h5-8,10-11,13-15,18,23,30H,3-4,9,12,16H2,1-2H3,(H2,31,35,38). The molecule has 3 atom stereocenters. The number of pyridine rings is 1. The molecule has 2 aromatic heterocycles. The molecule has 12 heteroatoms. The number of anilines is 1. The van der Waals surface area contributed by atoms with Gasteiger partial charge in [-0.3, -0.25) is 15.1 Å². The van der Waals surface area contributed by atoms with E-state index in [1.807, 2.05) is 37.3 Å². The van der Waals surface area contributed by atoms with Crippen LogP contribution in [0.15, 0.2) is 59.3 Å². The number of rotatable bonds is 7. The summed E-state index contributed by atoms with van der Waals surface area (Å²) in [5, 5.41) is 19.7. The fraction of sp³-hybridized carbons (Fsp3) is 0.357. The van der Waals surface area contributed by atoms with Crippen LogP contribution in [0.5, 0.6) is 0 Å². The highest BCUT2D eigenvalue weighted by Crippen LogP contribution is 2.46. The molecule has 1 saturated heterocycles. The molecule has 0 radical (unpaired) electrons. The smallest absolute Gasteiger partial charge is 0.327 e. The van der Waals surface area contributed by atoms with E-state index in [0.717, 1.165) is 21.5 Å². The Kier molecular flexibility index (Phi) is 7.77. The van der Waals surface area contributed by atoms with Gasteiger partial charge in [0.25, 0.3) is 0 Å². The number of thiazole rings is 1. The Hall–Kier alpha value is -4.34. The zero-order valence-corrected chi connectivity index (χ0v) is 23.1. The van der Waals surface area contributed by atoms with Crippen LogP contribution in [0, 0.1) is 22.7 Å². The van der Waals surface area contributed by atoms with Gasteiger partial charge >= 0.3 is 12.0 Å². The van der Waals surface area contributed by atoms with Gasteiger partial charge in [0.05, 0.1) is 40.0 Å². The molecule has 1 fully saturated rings. The van der Waals surface area contributed by atoms with Crippen molar-refractivity contribution in [3.63, 3.8) is 0 Å². The summed E-state index contributed by atoms with van der Waals surface area (Å²) in [6, 6.07) is 11.4. The number of aliphatic imine (C=N–C) groups is 1. The number of hydrogen-bond acceptors (Lipinski definition) is 10. The number of urea groups is 1. The highest BCUT2D eigenvalue weighted by molar-refractivity contribution is 7.17. The Morgan fingerprint density at radius 3 is 2.92 bits per heavy atom. The van der Waals surface area contributed by atoms with Crippen molar-refractivity contribution in [1.29, 1.82) is 5.26 Å². The minimum atomic E-state index is -1.57. The van der Waals surface area contributed by atoms with E-state index >= 15 is 0 Å². The normalized spacial score (nSPS) is 23.9. The third-order valence-electron chi connectivity index (χ3n) is 7.19. The van der Waals surface area contributed by atoms with Gasteiger partial charge in [0.1, 0.15) is 0 Å². The quantitative estimate of drug-likeness (QED) is 0.374. The van der Waals surface area contributed by atoms with Gasteiger partial charge in [-0.25, -0.2) is 14.8 Å². The van der Waals surface area contributed by atoms with Crippen LogP contribution >= 0.6 is 11.3 Å². The number of ether oxygens (including phenoxy) is 1. The van der Waals surface area contributed by atoms with Crippen molar-refractivity contribution in [1.82, 2.24) is 25.9 Å². The van der Waals surface area contributed by atoms with Crippen molar-refractivity contribution in [2.24, 2.45) is 16.3 Å². The van der Waals surface area contributed by atoms with Crippen LogP contribution in [0.25, 0.3) is 21.5 Å². The van der Waals surface area contributed by atoms with Crippen molar-refractivity contribution in [2.45, 2.75) is 26.1 Å². The molecule has 3 aromatic rings. The predicted molar refractivity (Wildman–Crippen MR) is 154 cm³/mol. The Bertz CT molecular complexity index is 1500. The summed E-state index contributed by atoms with van der Waals surface area (Å²) in [5.74, 6) is -3.02. The van der Waals surface area contributed by atoms with Gasteiger partial charge in [-0.1, -0.05) is 6.07 Å². The maximum Gasteiger partial charge on any atom is 0.327 e. The van der Waals surface area contributed by atoms with Crippen LogP contribution in [-0.4, -0.2) is 60.2 Å². The number of piperidine rings is 1. The molecule has 206 valence electrons. The van der Waals surface area contributed by atoms with E-state index in [0.29, 0.717) is 18.8 Å². The molecule has 2 aliphatic rings. The van der Waals surface area contributed by atoms with Gasteiger partial charge in [0.2, 0.25) is 5.79 Å². The summed E-state index contributed by atoms with van der Waals surface area (Å²) >= 11 is 1.51. The fourth-order valence-corrected chi connectivity index (χ4v) is 6.20. The van der Waals surface area contributed by atoms with Gasteiger partial charge < -0.3 is 20.3 Å². The van der Waals surface area contributed by atoms with E-state index < -0.39 is 29.1 Å². The Morgan fingerprint density at radius 1 is 1.30 bits per heavy atom. The van der Waals surface area contributed by atoms with Crippen molar-refractivity contribution >= 4 is 45.5 Å². The summed E-state index contributed by atoms with van der Waals surface area (Å²) in [6.45, 7) is 4.68. The number of hydrogen-bond donors (Lipinski definition) is 3. The number of carbonyl (C=O) groups is 2. The fourth-order valence-electron chi connectivity index (χ4n) is 5.40. The van der Waals surface area contributed by atoms with Crippen LogP contribution in [-0.2, 0) is 9.53 Å². The average molecular weight is 559 g/mol. The average Bonchev–Trinajstić information content (AvgIpc) is 3.46. The SMILES string of the molecule is CCNC(=O)NC1(C2CNCCC2(C#N)C(=O)OCC)N=CC=CN1c1cc(-c2ccccn2)c2scnc2c1. The molecule has 11 nitrogen and oxygen atoms in total. The molecule has 3 N–H and O–H groups in total. The molecule has 3 unspecified atom stereocenters. The molecule has 2 aliphatic heterocycles. The number of benzene rings is 1. The molecule has 0 aliphatic carbocycles. The van der Waals surface area contributed by atoms with Crippen LogP contribution < -0.4 is 20.9 Å². The zero-order chi connectivity index (χ0) is 28.2. The second kappa shape index (κ2) is 11.4. The Balaban J connectivity index is 1.73. The van der Waals surface area contributed by atoms with Gasteiger partial charge in [0.15, 0.2) is 5.41 Å². The number of carbonyl (C=O) groups excluding carboxylic acids is 2. The van der Waals surface area contributed by atoms with Crippen LogP contribution in [0.2, 0.25) is 0 Å². The summed E-state index contributed by atoms with van der Waals surface area (Å²) in [5.41, 5.74) is 3.24. The number of aromatic nitrogens is 2. The second-order valence-corrected chi connectivity index (χ2v) is 10.3. The molecule has 4 heterocycles. The number of esters is 1. The highest BCUT2D eigenvalue weighted by atomic mass is 32.1. The molecule has 5 rings (SSSR count). The predicted octanol–water partition coefficient (Wildman–Crippen LogP) is 3.42. The van der Waals surface area contributed by atoms with Crippen LogP contribution in [0.3, 0.4) is 0 Å². The highest BCUT2D eigenvalue weighted by Gasteiger charge is 2.61. The first kappa shape index (κ1) is 27.2. The van der Waals surface area contributed by atoms with Gasteiger partial charge in [-0.2, -0.15) is 5.26 Å². The Labute approximate surface area is 236 Å². The van der Waals surface area contributed by atoms with Crippen molar-refractivity contribution in [3.8, 4) is 17.3 Å². The van der Waals surface area contributed by atoms with Crippen molar-refractivity contribution in [2.75, 3.05) is 31.1 Å². The number of allylic oxidation sites excluding steroid dienone is 1. The Morgan fingerprint density at radius 2 is 2.17 bits per heavy atom. The molecule has 40 heavy (non-hydrogen) atoms. The van der Waals surface area contributed by atoms with E-state index in [2.05, 4.69) is 32.0 Å². The van der Waals surface area contributed by atoms with Crippen molar-refractivity contribution < 1.29 is 14.3 Å². The number of nitrogens with zero attached hydrogens (tertiary/aromatic N) is 5. The summed E-state index contributed by atoms with van der Waals surface area (Å²) in [6.07, 6.45) is 7.04.